The Balaban J connectivity index is 1.69. The minimum atomic E-state index is -0.225. The summed E-state index contributed by atoms with van der Waals surface area (Å²) < 4.78 is 16.2. The molecule has 0 radical (unpaired) electrons. The summed E-state index contributed by atoms with van der Waals surface area (Å²) >= 11 is 5.96. The number of methoxy groups -OCH3 is 1. The van der Waals surface area contributed by atoms with Crippen LogP contribution in [0.15, 0.2) is 42.5 Å². The molecule has 6 heteroatoms. The number of hydrogen-bond donors (Lipinski definition) is 1. The largest absolute Gasteiger partial charge is 0.493 e. The topological polar surface area (TPSA) is 56.8 Å². The smallest absolute Gasteiger partial charge is 0.258 e. The third kappa shape index (κ3) is 5.35. The van der Waals surface area contributed by atoms with Crippen molar-refractivity contribution in [2.75, 3.05) is 26.9 Å². The van der Waals surface area contributed by atoms with Gasteiger partial charge < -0.3 is 19.5 Å². The molecule has 128 valence electrons. The van der Waals surface area contributed by atoms with Crippen LogP contribution in [-0.2, 0) is 4.79 Å². The fourth-order valence-electron chi connectivity index (χ4n) is 2.00. The SMILES string of the molecule is COc1ccccc1OCC(=O)NCCOc1ccc(Cl)c(C)c1. The van der Waals surface area contributed by atoms with Crippen LogP contribution in [0.2, 0.25) is 5.02 Å². The number of benzene rings is 2. The first-order valence-electron chi connectivity index (χ1n) is 7.51. The summed E-state index contributed by atoms with van der Waals surface area (Å²) in [5.41, 5.74) is 0.948. The van der Waals surface area contributed by atoms with Crippen molar-refractivity contribution in [2.24, 2.45) is 0 Å². The third-order valence-corrected chi connectivity index (χ3v) is 3.67. The van der Waals surface area contributed by atoms with Crippen molar-refractivity contribution >= 4 is 17.5 Å². The average Bonchev–Trinajstić information content (AvgIpc) is 2.60. The molecule has 0 bridgehead atoms. The van der Waals surface area contributed by atoms with Crippen LogP contribution in [0.25, 0.3) is 0 Å². The first-order valence-corrected chi connectivity index (χ1v) is 7.89. The van der Waals surface area contributed by atoms with Gasteiger partial charge >= 0.3 is 0 Å². The van der Waals surface area contributed by atoms with Gasteiger partial charge in [0, 0.05) is 5.02 Å². The molecule has 0 aliphatic carbocycles. The molecular formula is C18H20ClNO4. The molecule has 0 saturated carbocycles. The zero-order valence-corrected chi connectivity index (χ0v) is 14.4. The van der Waals surface area contributed by atoms with Gasteiger partial charge in [-0.1, -0.05) is 23.7 Å². The maximum absolute atomic E-state index is 11.8. The summed E-state index contributed by atoms with van der Waals surface area (Å²) in [4.78, 5) is 11.8. The first kappa shape index (κ1) is 17.9. The Morgan fingerprint density at radius 1 is 1.12 bits per heavy atom. The zero-order chi connectivity index (χ0) is 17.4. The lowest BCUT2D eigenvalue weighted by Crippen LogP contribution is -2.32. The molecular weight excluding hydrogens is 330 g/mol. The molecule has 0 aromatic heterocycles. The molecule has 1 N–H and O–H groups in total. The molecule has 2 aromatic rings. The van der Waals surface area contributed by atoms with E-state index in [1.54, 1.807) is 31.4 Å². The molecule has 0 fully saturated rings. The fraction of sp³-hybridized carbons (Fsp3) is 0.278. The number of hydrogen-bond acceptors (Lipinski definition) is 4. The standard InChI is InChI=1S/C18H20ClNO4/c1-13-11-14(7-8-15(13)19)23-10-9-20-18(21)12-24-17-6-4-3-5-16(17)22-2/h3-8,11H,9-10,12H2,1-2H3,(H,20,21). The van der Waals surface area contributed by atoms with E-state index in [9.17, 15) is 4.79 Å². The highest BCUT2D eigenvalue weighted by Crippen LogP contribution is 2.25. The lowest BCUT2D eigenvalue weighted by molar-refractivity contribution is -0.123. The predicted octanol–water partition coefficient (Wildman–Crippen LogP) is 3.23. The van der Waals surface area contributed by atoms with Crippen LogP contribution in [0.3, 0.4) is 0 Å². The van der Waals surface area contributed by atoms with E-state index >= 15 is 0 Å². The Hall–Kier alpha value is -2.40. The zero-order valence-electron chi connectivity index (χ0n) is 13.7. The quantitative estimate of drug-likeness (QED) is 0.743. The second kappa shape index (κ2) is 9.03. The molecule has 0 aliphatic rings. The Morgan fingerprint density at radius 2 is 1.88 bits per heavy atom. The maximum atomic E-state index is 11.8. The summed E-state index contributed by atoms with van der Waals surface area (Å²) in [6.07, 6.45) is 0. The van der Waals surface area contributed by atoms with E-state index in [0.29, 0.717) is 29.7 Å². The molecule has 5 nitrogen and oxygen atoms in total. The second-order valence-corrected chi connectivity index (χ2v) is 5.46. The Bertz CT molecular complexity index is 690. The van der Waals surface area contributed by atoms with Crippen molar-refractivity contribution in [1.29, 1.82) is 0 Å². The minimum Gasteiger partial charge on any atom is -0.493 e. The molecule has 0 spiro atoms. The summed E-state index contributed by atoms with van der Waals surface area (Å²) in [6.45, 7) is 2.57. The van der Waals surface area contributed by atoms with Gasteiger partial charge in [-0.05, 0) is 42.8 Å². The van der Waals surface area contributed by atoms with Crippen LogP contribution < -0.4 is 19.5 Å². The third-order valence-electron chi connectivity index (χ3n) is 3.25. The summed E-state index contributed by atoms with van der Waals surface area (Å²) in [5.74, 6) is 1.61. The fourth-order valence-corrected chi connectivity index (χ4v) is 2.12. The van der Waals surface area contributed by atoms with Gasteiger partial charge in [-0.15, -0.1) is 0 Å². The number of carbonyl (C=O) groups is 1. The van der Waals surface area contributed by atoms with Crippen LogP contribution in [0.4, 0.5) is 0 Å². The Labute approximate surface area is 146 Å². The van der Waals surface area contributed by atoms with E-state index in [0.717, 1.165) is 11.3 Å². The number of halogens is 1. The van der Waals surface area contributed by atoms with E-state index in [2.05, 4.69) is 5.32 Å². The van der Waals surface area contributed by atoms with Crippen molar-refractivity contribution in [3.63, 3.8) is 0 Å². The van der Waals surface area contributed by atoms with Crippen LogP contribution >= 0.6 is 11.6 Å². The van der Waals surface area contributed by atoms with Gasteiger partial charge in [-0.2, -0.15) is 0 Å². The lowest BCUT2D eigenvalue weighted by Gasteiger charge is -2.11. The van der Waals surface area contributed by atoms with Crippen LogP contribution in [0.1, 0.15) is 5.56 Å². The number of carbonyl (C=O) groups excluding carboxylic acids is 1. The van der Waals surface area contributed by atoms with Crippen LogP contribution in [0, 0.1) is 6.92 Å². The summed E-state index contributed by atoms with van der Waals surface area (Å²) in [7, 11) is 1.55. The highest BCUT2D eigenvalue weighted by molar-refractivity contribution is 6.31. The molecule has 0 unspecified atom stereocenters. The van der Waals surface area contributed by atoms with E-state index in [1.165, 1.54) is 0 Å². The van der Waals surface area contributed by atoms with Crippen molar-refractivity contribution in [3.05, 3.63) is 53.1 Å². The molecule has 1 amide bonds. The Morgan fingerprint density at radius 3 is 2.58 bits per heavy atom. The number of aryl methyl sites for hydroxylation is 1. The van der Waals surface area contributed by atoms with Crippen molar-refractivity contribution in [3.8, 4) is 17.2 Å². The van der Waals surface area contributed by atoms with Crippen LogP contribution in [0.5, 0.6) is 17.2 Å². The van der Waals surface area contributed by atoms with Gasteiger partial charge in [-0.25, -0.2) is 0 Å². The molecule has 2 aromatic carbocycles. The summed E-state index contributed by atoms with van der Waals surface area (Å²) in [6, 6.07) is 12.6. The monoisotopic (exact) mass is 349 g/mol. The number of rotatable bonds is 8. The van der Waals surface area contributed by atoms with Gasteiger partial charge in [0.25, 0.3) is 5.91 Å². The van der Waals surface area contributed by atoms with Gasteiger partial charge in [0.1, 0.15) is 12.4 Å². The minimum absolute atomic E-state index is 0.0829. The number of ether oxygens (including phenoxy) is 3. The molecule has 0 saturated heterocycles. The van der Waals surface area contributed by atoms with Crippen molar-refractivity contribution in [1.82, 2.24) is 5.32 Å². The van der Waals surface area contributed by atoms with E-state index < -0.39 is 0 Å². The van der Waals surface area contributed by atoms with Gasteiger partial charge in [-0.3, -0.25) is 4.79 Å². The molecule has 0 aliphatic heterocycles. The van der Waals surface area contributed by atoms with E-state index in [-0.39, 0.29) is 12.5 Å². The van der Waals surface area contributed by atoms with Gasteiger partial charge in [0.05, 0.1) is 13.7 Å². The highest BCUT2D eigenvalue weighted by Gasteiger charge is 2.06. The van der Waals surface area contributed by atoms with E-state index in [1.807, 2.05) is 25.1 Å². The summed E-state index contributed by atoms with van der Waals surface area (Å²) in [5, 5.41) is 3.43. The molecule has 2 rings (SSSR count). The predicted molar refractivity (Wildman–Crippen MR) is 93.2 cm³/mol. The first-order chi connectivity index (χ1) is 11.6. The van der Waals surface area contributed by atoms with E-state index in [4.69, 9.17) is 25.8 Å². The number of amides is 1. The average molecular weight is 350 g/mol. The lowest BCUT2D eigenvalue weighted by atomic mass is 10.2. The number of para-hydroxylation sites is 2. The maximum Gasteiger partial charge on any atom is 0.258 e. The van der Waals surface area contributed by atoms with Gasteiger partial charge in [0.2, 0.25) is 0 Å². The van der Waals surface area contributed by atoms with Gasteiger partial charge in [0.15, 0.2) is 18.1 Å². The normalized spacial score (nSPS) is 10.1. The molecule has 0 heterocycles. The van der Waals surface area contributed by atoms with Crippen LogP contribution in [-0.4, -0.2) is 32.8 Å². The number of nitrogens with one attached hydrogen (secondary N) is 1. The molecule has 24 heavy (non-hydrogen) atoms. The Kier molecular flexibility index (Phi) is 6.75. The highest BCUT2D eigenvalue weighted by atomic mass is 35.5. The molecule has 0 atom stereocenters. The van der Waals surface area contributed by atoms with Crippen molar-refractivity contribution < 1.29 is 19.0 Å². The second-order valence-electron chi connectivity index (χ2n) is 5.05. The van der Waals surface area contributed by atoms with Crippen molar-refractivity contribution in [2.45, 2.75) is 6.92 Å².